The Balaban J connectivity index is 1.99. The molecular formula is C18H17F2N3O2. The van der Waals surface area contributed by atoms with Gasteiger partial charge in [-0.3, -0.25) is 9.59 Å². The smallest absolute Gasteiger partial charge is 0.261 e. The Kier molecular flexibility index (Phi) is 4.39. The summed E-state index contributed by atoms with van der Waals surface area (Å²) in [6, 6.07) is 7.95. The van der Waals surface area contributed by atoms with E-state index in [4.69, 9.17) is 0 Å². The highest BCUT2D eigenvalue weighted by molar-refractivity contribution is 6.09. The summed E-state index contributed by atoms with van der Waals surface area (Å²) < 4.78 is 27.7. The van der Waals surface area contributed by atoms with Crippen molar-refractivity contribution in [1.29, 1.82) is 0 Å². The van der Waals surface area contributed by atoms with Gasteiger partial charge in [0.1, 0.15) is 11.6 Å². The van der Waals surface area contributed by atoms with E-state index < -0.39 is 17.5 Å². The van der Waals surface area contributed by atoms with Gasteiger partial charge in [-0.25, -0.2) is 8.78 Å². The molecule has 2 aromatic carbocycles. The monoisotopic (exact) mass is 345 g/mol. The predicted molar refractivity (Wildman–Crippen MR) is 92.1 cm³/mol. The lowest BCUT2D eigenvalue weighted by Gasteiger charge is -2.35. The summed E-state index contributed by atoms with van der Waals surface area (Å²) in [6.45, 7) is 2.17. The molecular weight excluding hydrogens is 328 g/mol. The Morgan fingerprint density at radius 2 is 1.80 bits per heavy atom. The lowest BCUT2D eigenvalue weighted by molar-refractivity contribution is -0.114. The van der Waals surface area contributed by atoms with Crippen molar-refractivity contribution in [3.05, 3.63) is 53.6 Å². The molecule has 0 aromatic heterocycles. The Hall–Kier alpha value is -2.96. The van der Waals surface area contributed by atoms with Crippen LogP contribution in [0.25, 0.3) is 0 Å². The second kappa shape index (κ2) is 6.51. The summed E-state index contributed by atoms with van der Waals surface area (Å²) in [7, 11) is 1.80. The van der Waals surface area contributed by atoms with Crippen LogP contribution >= 0.6 is 0 Å². The van der Waals surface area contributed by atoms with Gasteiger partial charge in [-0.15, -0.1) is 0 Å². The van der Waals surface area contributed by atoms with Crippen LogP contribution in [0.2, 0.25) is 0 Å². The molecule has 1 aliphatic heterocycles. The lowest BCUT2D eigenvalue weighted by atomic mass is 10.1. The van der Waals surface area contributed by atoms with Crippen molar-refractivity contribution in [2.75, 3.05) is 35.3 Å². The van der Waals surface area contributed by atoms with Crippen molar-refractivity contribution in [3.8, 4) is 0 Å². The normalized spacial score (nSPS) is 13.4. The molecule has 0 saturated carbocycles. The van der Waals surface area contributed by atoms with E-state index in [1.807, 2.05) is 4.90 Å². The molecule has 0 saturated heterocycles. The first-order valence-electron chi connectivity index (χ1n) is 7.76. The number of halogens is 2. The van der Waals surface area contributed by atoms with Crippen molar-refractivity contribution in [2.45, 2.75) is 6.92 Å². The number of carbonyl (C=O) groups is 2. The van der Waals surface area contributed by atoms with E-state index in [-0.39, 0.29) is 11.5 Å². The van der Waals surface area contributed by atoms with Crippen molar-refractivity contribution < 1.29 is 18.4 Å². The van der Waals surface area contributed by atoms with Gasteiger partial charge < -0.3 is 15.1 Å². The molecule has 2 amide bonds. The molecule has 2 aromatic rings. The maximum atomic E-state index is 14.2. The van der Waals surface area contributed by atoms with Crippen molar-refractivity contribution in [1.82, 2.24) is 0 Å². The number of fused-ring (bicyclic) bond motifs is 1. The Bertz CT molecular complexity index is 854. The third-order valence-corrected chi connectivity index (χ3v) is 4.06. The Morgan fingerprint density at radius 1 is 1.04 bits per heavy atom. The number of anilines is 3. The molecule has 5 nitrogen and oxygen atoms in total. The van der Waals surface area contributed by atoms with Crippen molar-refractivity contribution in [3.63, 3.8) is 0 Å². The summed E-state index contributed by atoms with van der Waals surface area (Å²) in [5.74, 6) is -1.93. The molecule has 25 heavy (non-hydrogen) atoms. The zero-order valence-electron chi connectivity index (χ0n) is 13.8. The van der Waals surface area contributed by atoms with E-state index in [9.17, 15) is 18.4 Å². The lowest BCUT2D eigenvalue weighted by Crippen LogP contribution is -2.43. The van der Waals surface area contributed by atoms with Crippen molar-refractivity contribution in [2.24, 2.45) is 0 Å². The third-order valence-electron chi connectivity index (χ3n) is 4.06. The van der Waals surface area contributed by atoms with Gasteiger partial charge in [0.25, 0.3) is 5.91 Å². The molecule has 0 radical (unpaired) electrons. The van der Waals surface area contributed by atoms with E-state index in [1.54, 1.807) is 7.05 Å². The van der Waals surface area contributed by atoms with Crippen LogP contribution in [0.4, 0.5) is 25.8 Å². The Labute approximate surface area is 143 Å². The van der Waals surface area contributed by atoms with Crippen LogP contribution in [0.3, 0.4) is 0 Å². The molecule has 0 bridgehead atoms. The summed E-state index contributed by atoms with van der Waals surface area (Å²) in [6.07, 6.45) is 0. The highest BCUT2D eigenvalue weighted by Gasteiger charge is 2.28. The number of hydrogen-bond donors (Lipinski definition) is 1. The van der Waals surface area contributed by atoms with Gasteiger partial charge in [-0.1, -0.05) is 0 Å². The maximum absolute atomic E-state index is 14.2. The minimum atomic E-state index is -0.679. The van der Waals surface area contributed by atoms with E-state index in [2.05, 4.69) is 5.32 Å². The second-order valence-electron chi connectivity index (χ2n) is 5.89. The SMILES string of the molecule is CC(=O)Nc1ccc(F)c(C(=O)N2CCN(C)c3cc(F)ccc32)c1. The molecule has 1 heterocycles. The number of rotatable bonds is 2. The summed E-state index contributed by atoms with van der Waals surface area (Å²) in [4.78, 5) is 27.3. The fraction of sp³-hybridized carbons (Fsp3) is 0.222. The zero-order valence-corrected chi connectivity index (χ0v) is 13.8. The third kappa shape index (κ3) is 3.31. The zero-order chi connectivity index (χ0) is 18.1. The van der Waals surface area contributed by atoms with Gasteiger partial charge in [0, 0.05) is 32.7 Å². The van der Waals surface area contributed by atoms with Gasteiger partial charge in [-0.05, 0) is 36.4 Å². The van der Waals surface area contributed by atoms with Crippen molar-refractivity contribution >= 4 is 28.9 Å². The molecule has 130 valence electrons. The molecule has 0 unspecified atom stereocenters. The summed E-state index contributed by atoms with van der Waals surface area (Å²) in [5, 5.41) is 2.53. The van der Waals surface area contributed by atoms with E-state index >= 15 is 0 Å². The minimum Gasteiger partial charge on any atom is -0.371 e. The number of amides is 2. The number of carbonyl (C=O) groups excluding carboxylic acids is 2. The second-order valence-corrected chi connectivity index (χ2v) is 5.89. The first-order valence-corrected chi connectivity index (χ1v) is 7.76. The topological polar surface area (TPSA) is 52.7 Å². The standard InChI is InChI=1S/C18H17F2N3O2/c1-11(24)21-13-4-5-15(20)14(10-13)18(25)23-8-7-22(2)17-9-12(19)3-6-16(17)23/h3-6,9-10H,7-8H2,1-2H3,(H,21,24). The van der Waals surface area contributed by atoms with E-state index in [0.717, 1.165) is 6.07 Å². The van der Waals surface area contributed by atoms with Crippen LogP contribution in [0.15, 0.2) is 36.4 Å². The number of nitrogens with one attached hydrogen (secondary N) is 1. The molecule has 7 heteroatoms. The predicted octanol–water partition coefficient (Wildman–Crippen LogP) is 3.02. The average molecular weight is 345 g/mol. The van der Waals surface area contributed by atoms with Crippen LogP contribution in [0.5, 0.6) is 0 Å². The first kappa shape index (κ1) is 16.9. The van der Waals surface area contributed by atoms with Gasteiger partial charge in [0.15, 0.2) is 0 Å². The van der Waals surface area contributed by atoms with Gasteiger partial charge in [-0.2, -0.15) is 0 Å². The highest BCUT2D eigenvalue weighted by Crippen LogP contribution is 2.34. The molecule has 0 fully saturated rings. The largest absolute Gasteiger partial charge is 0.371 e. The molecule has 3 rings (SSSR count). The molecule has 1 aliphatic rings. The maximum Gasteiger partial charge on any atom is 0.261 e. The van der Waals surface area contributed by atoms with E-state index in [0.29, 0.717) is 30.2 Å². The van der Waals surface area contributed by atoms with Gasteiger partial charge >= 0.3 is 0 Å². The van der Waals surface area contributed by atoms with Gasteiger partial charge in [0.2, 0.25) is 5.91 Å². The minimum absolute atomic E-state index is 0.147. The summed E-state index contributed by atoms with van der Waals surface area (Å²) >= 11 is 0. The number of likely N-dealkylation sites (N-methyl/N-ethyl adjacent to an activating group) is 1. The molecule has 0 atom stereocenters. The molecule has 0 spiro atoms. The first-order chi connectivity index (χ1) is 11.9. The fourth-order valence-electron chi connectivity index (χ4n) is 2.85. The van der Waals surface area contributed by atoms with Crippen LogP contribution < -0.4 is 15.1 Å². The quantitative estimate of drug-likeness (QED) is 0.910. The van der Waals surface area contributed by atoms with Gasteiger partial charge in [0.05, 0.1) is 16.9 Å². The molecule has 1 N–H and O–H groups in total. The average Bonchev–Trinajstić information content (AvgIpc) is 2.56. The molecule has 0 aliphatic carbocycles. The Morgan fingerprint density at radius 3 is 2.52 bits per heavy atom. The number of benzene rings is 2. The van der Waals surface area contributed by atoms with Crippen LogP contribution in [0.1, 0.15) is 17.3 Å². The van der Waals surface area contributed by atoms with Crippen LogP contribution in [-0.4, -0.2) is 32.0 Å². The van der Waals surface area contributed by atoms with E-state index in [1.165, 1.54) is 42.2 Å². The number of hydrogen-bond acceptors (Lipinski definition) is 3. The fourth-order valence-corrected chi connectivity index (χ4v) is 2.85. The number of nitrogens with zero attached hydrogens (tertiary/aromatic N) is 2. The summed E-state index contributed by atoms with van der Waals surface area (Å²) in [5.41, 5.74) is 1.28. The van der Waals surface area contributed by atoms with Crippen LogP contribution in [0, 0.1) is 11.6 Å². The highest BCUT2D eigenvalue weighted by atomic mass is 19.1. The van der Waals surface area contributed by atoms with Crippen LogP contribution in [-0.2, 0) is 4.79 Å².